The molecule has 2 aromatic rings. The van der Waals surface area contributed by atoms with E-state index in [-0.39, 0.29) is 5.91 Å². The van der Waals surface area contributed by atoms with E-state index >= 15 is 0 Å². The fourth-order valence-electron chi connectivity index (χ4n) is 3.16. The first-order chi connectivity index (χ1) is 11.7. The van der Waals surface area contributed by atoms with Crippen molar-refractivity contribution in [2.45, 2.75) is 51.6 Å². The molecule has 0 heterocycles. The summed E-state index contributed by atoms with van der Waals surface area (Å²) in [5.74, 6) is 0.977. The van der Waals surface area contributed by atoms with Crippen LogP contribution in [0.25, 0.3) is 0 Å². The molecule has 1 aliphatic carbocycles. The first-order valence-electron chi connectivity index (χ1n) is 8.82. The first kappa shape index (κ1) is 16.6. The van der Waals surface area contributed by atoms with Crippen LogP contribution in [0.15, 0.2) is 48.5 Å². The monoisotopic (exact) mass is 323 g/mol. The number of carbonyl (C=O) groups is 1. The molecular weight excluding hydrogens is 298 g/mol. The van der Waals surface area contributed by atoms with E-state index < -0.39 is 0 Å². The Bertz CT molecular complexity index is 690. The molecule has 0 radical (unpaired) electrons. The van der Waals surface area contributed by atoms with Crippen molar-refractivity contribution in [1.29, 1.82) is 0 Å². The number of nitrogens with one attached hydrogen (secondary N) is 1. The maximum atomic E-state index is 12.2. The number of hydrogen-bond acceptors (Lipinski definition) is 2. The average molecular weight is 323 g/mol. The molecule has 0 unspecified atom stereocenters. The van der Waals surface area contributed by atoms with E-state index in [4.69, 9.17) is 4.74 Å². The van der Waals surface area contributed by atoms with Crippen molar-refractivity contribution in [2.24, 2.45) is 0 Å². The molecule has 0 bridgehead atoms. The fraction of sp³-hybridized carbons (Fsp3) is 0.381. The zero-order chi connectivity index (χ0) is 16.8. The maximum absolute atomic E-state index is 12.2. The van der Waals surface area contributed by atoms with Crippen molar-refractivity contribution in [3.63, 3.8) is 0 Å². The highest BCUT2D eigenvalue weighted by atomic mass is 16.5. The summed E-state index contributed by atoms with van der Waals surface area (Å²) in [5.41, 5.74) is 3.11. The summed E-state index contributed by atoms with van der Waals surface area (Å²) < 4.78 is 6.03. The number of para-hydroxylation sites is 1. The minimum absolute atomic E-state index is 0.0476. The number of anilines is 1. The Morgan fingerprint density at radius 3 is 2.71 bits per heavy atom. The first-order valence-corrected chi connectivity index (χ1v) is 8.82. The lowest BCUT2D eigenvalue weighted by molar-refractivity contribution is -0.116. The molecule has 3 rings (SSSR count). The van der Waals surface area contributed by atoms with E-state index in [1.54, 1.807) is 0 Å². The lowest BCUT2D eigenvalue weighted by Crippen LogP contribution is -2.13. The Morgan fingerprint density at radius 2 is 1.92 bits per heavy atom. The van der Waals surface area contributed by atoms with Gasteiger partial charge in [-0.25, -0.2) is 0 Å². The predicted molar refractivity (Wildman–Crippen MR) is 97.5 cm³/mol. The van der Waals surface area contributed by atoms with Crippen LogP contribution in [0.1, 0.15) is 43.2 Å². The van der Waals surface area contributed by atoms with Gasteiger partial charge in [-0.05, 0) is 68.4 Å². The highest BCUT2D eigenvalue weighted by molar-refractivity contribution is 5.91. The summed E-state index contributed by atoms with van der Waals surface area (Å²) in [4.78, 5) is 12.2. The summed E-state index contributed by atoms with van der Waals surface area (Å²) in [6, 6.07) is 16.0. The highest BCUT2D eigenvalue weighted by Crippen LogP contribution is 2.25. The molecule has 0 saturated heterocycles. The van der Waals surface area contributed by atoms with Crippen LogP contribution < -0.4 is 10.1 Å². The van der Waals surface area contributed by atoms with Gasteiger partial charge in [0.25, 0.3) is 0 Å². The molecule has 0 spiro atoms. The molecule has 1 saturated carbocycles. The van der Waals surface area contributed by atoms with E-state index in [2.05, 4.69) is 17.4 Å². The van der Waals surface area contributed by atoms with Crippen LogP contribution >= 0.6 is 0 Å². The van der Waals surface area contributed by atoms with Crippen LogP contribution in [-0.2, 0) is 11.2 Å². The number of ether oxygens (including phenoxy) is 1. The van der Waals surface area contributed by atoms with Gasteiger partial charge in [-0.2, -0.15) is 0 Å². The van der Waals surface area contributed by atoms with Gasteiger partial charge in [0.15, 0.2) is 0 Å². The second-order valence-corrected chi connectivity index (χ2v) is 6.53. The van der Waals surface area contributed by atoms with Gasteiger partial charge in [0.05, 0.1) is 6.10 Å². The second-order valence-electron chi connectivity index (χ2n) is 6.53. The van der Waals surface area contributed by atoms with Gasteiger partial charge in [0.1, 0.15) is 5.75 Å². The van der Waals surface area contributed by atoms with Crippen LogP contribution in [0.5, 0.6) is 5.75 Å². The molecule has 1 fully saturated rings. The summed E-state index contributed by atoms with van der Waals surface area (Å²) in [6.07, 6.45) is 6.41. The van der Waals surface area contributed by atoms with Crippen LogP contribution in [0.2, 0.25) is 0 Å². The van der Waals surface area contributed by atoms with Crippen molar-refractivity contribution in [3.8, 4) is 5.75 Å². The zero-order valence-electron chi connectivity index (χ0n) is 14.3. The quantitative estimate of drug-likeness (QED) is 0.822. The number of benzene rings is 2. The molecule has 3 heteroatoms. The van der Waals surface area contributed by atoms with Gasteiger partial charge >= 0.3 is 0 Å². The van der Waals surface area contributed by atoms with Gasteiger partial charge in [-0.3, -0.25) is 4.79 Å². The maximum Gasteiger partial charge on any atom is 0.224 e. The third-order valence-electron chi connectivity index (χ3n) is 4.56. The second kappa shape index (κ2) is 8.00. The van der Waals surface area contributed by atoms with Crippen molar-refractivity contribution in [3.05, 3.63) is 59.7 Å². The van der Waals surface area contributed by atoms with Crippen LogP contribution in [0, 0.1) is 6.92 Å². The lowest BCUT2D eigenvalue weighted by Gasteiger charge is -2.14. The molecule has 1 N–H and O–H groups in total. The number of amides is 1. The molecule has 1 aliphatic rings. The summed E-state index contributed by atoms with van der Waals surface area (Å²) >= 11 is 0. The number of carbonyl (C=O) groups excluding carboxylic acids is 1. The SMILES string of the molecule is Cc1ccccc1NC(=O)CCc1cccc(OC2CCCC2)c1. The molecule has 0 atom stereocenters. The van der Waals surface area contributed by atoms with Crippen molar-refractivity contribution >= 4 is 11.6 Å². The minimum Gasteiger partial charge on any atom is -0.490 e. The predicted octanol–water partition coefficient (Wildman–Crippen LogP) is 4.89. The molecule has 0 aliphatic heterocycles. The molecule has 0 aromatic heterocycles. The van der Waals surface area contributed by atoms with Crippen molar-refractivity contribution in [1.82, 2.24) is 0 Å². The van der Waals surface area contributed by atoms with Gasteiger partial charge in [0, 0.05) is 12.1 Å². The smallest absolute Gasteiger partial charge is 0.224 e. The van der Waals surface area contributed by atoms with Gasteiger partial charge < -0.3 is 10.1 Å². The van der Waals surface area contributed by atoms with Crippen molar-refractivity contribution in [2.75, 3.05) is 5.32 Å². The van der Waals surface area contributed by atoms with E-state index in [0.29, 0.717) is 12.5 Å². The van der Waals surface area contributed by atoms with E-state index in [1.807, 2.05) is 43.3 Å². The molecular formula is C21H25NO2. The third-order valence-corrected chi connectivity index (χ3v) is 4.56. The Labute approximate surface area is 144 Å². The summed E-state index contributed by atoms with van der Waals surface area (Å²) in [7, 11) is 0. The molecule has 3 nitrogen and oxygen atoms in total. The normalized spacial score (nSPS) is 14.5. The van der Waals surface area contributed by atoms with E-state index in [0.717, 1.165) is 41.8 Å². The number of hydrogen-bond donors (Lipinski definition) is 1. The topological polar surface area (TPSA) is 38.3 Å². The Balaban J connectivity index is 1.52. The third kappa shape index (κ3) is 4.60. The van der Waals surface area contributed by atoms with Gasteiger partial charge in [0.2, 0.25) is 5.91 Å². The standard InChI is InChI=1S/C21H25NO2/c1-16-7-2-5-12-20(16)22-21(23)14-13-17-8-6-11-19(15-17)24-18-9-3-4-10-18/h2,5-8,11-12,15,18H,3-4,9-10,13-14H2,1H3,(H,22,23). The van der Waals surface area contributed by atoms with Gasteiger partial charge in [-0.1, -0.05) is 30.3 Å². The Kier molecular flexibility index (Phi) is 5.52. The average Bonchev–Trinajstić information content (AvgIpc) is 3.08. The minimum atomic E-state index is 0.0476. The molecule has 126 valence electrons. The largest absolute Gasteiger partial charge is 0.490 e. The molecule has 24 heavy (non-hydrogen) atoms. The zero-order valence-corrected chi connectivity index (χ0v) is 14.3. The van der Waals surface area contributed by atoms with Crippen LogP contribution in [-0.4, -0.2) is 12.0 Å². The van der Waals surface area contributed by atoms with Gasteiger partial charge in [-0.15, -0.1) is 0 Å². The van der Waals surface area contributed by atoms with Crippen molar-refractivity contribution < 1.29 is 9.53 Å². The van der Waals surface area contributed by atoms with Crippen LogP contribution in [0.4, 0.5) is 5.69 Å². The number of aryl methyl sites for hydroxylation is 2. The van der Waals surface area contributed by atoms with E-state index in [1.165, 1.54) is 12.8 Å². The van der Waals surface area contributed by atoms with E-state index in [9.17, 15) is 4.79 Å². The van der Waals surface area contributed by atoms with Crippen LogP contribution in [0.3, 0.4) is 0 Å². The highest BCUT2D eigenvalue weighted by Gasteiger charge is 2.16. The number of rotatable bonds is 6. The Morgan fingerprint density at radius 1 is 1.12 bits per heavy atom. The molecule has 2 aromatic carbocycles. The Hall–Kier alpha value is -2.29. The molecule has 1 amide bonds. The summed E-state index contributed by atoms with van der Waals surface area (Å²) in [6.45, 7) is 2.00. The fourth-order valence-corrected chi connectivity index (χ4v) is 3.16. The lowest BCUT2D eigenvalue weighted by atomic mass is 10.1. The summed E-state index contributed by atoms with van der Waals surface area (Å²) in [5, 5.41) is 2.98.